The summed E-state index contributed by atoms with van der Waals surface area (Å²) >= 11 is 0. The van der Waals surface area contributed by atoms with Crippen molar-refractivity contribution in [2.75, 3.05) is 13.7 Å². The highest BCUT2D eigenvalue weighted by molar-refractivity contribution is 5.91. The zero-order chi connectivity index (χ0) is 42.3. The van der Waals surface area contributed by atoms with Crippen LogP contribution in [0.1, 0.15) is 33.3 Å². The molecule has 2 aromatic carbocycles. The van der Waals surface area contributed by atoms with Crippen molar-refractivity contribution in [1.82, 2.24) is 0 Å². The van der Waals surface area contributed by atoms with Crippen LogP contribution in [0.3, 0.4) is 0 Å². The Labute approximate surface area is 331 Å². The fourth-order valence-electron chi connectivity index (χ4n) is 6.95. The molecule has 0 aliphatic carbocycles. The van der Waals surface area contributed by atoms with Gasteiger partial charge in [0.1, 0.15) is 89.3 Å². The summed E-state index contributed by atoms with van der Waals surface area (Å²) in [6, 6.07) is 7.28. The van der Waals surface area contributed by atoms with E-state index in [9.17, 15) is 55.9 Å². The highest BCUT2D eigenvalue weighted by atomic mass is 16.7. The zero-order valence-electron chi connectivity index (χ0n) is 32.2. The lowest BCUT2D eigenvalue weighted by Crippen LogP contribution is -2.63. The SMILES string of the molecule is COc1ccc(-c2oc3c(CC=C(C)C)c(O[C@H]4O[C@@H](CO)[C@H](O)[C@H](O)[C@H]4O)cc(O)c3c(=O)c2O[C@H]2O[C@H](C)[C@@H](O)[C@@H](O[C@H]3O[C@@H](C)[C@H](O)[C@@H](O)[C@H]3O)[C@H]2O)cc1. The van der Waals surface area contributed by atoms with Crippen molar-refractivity contribution >= 4 is 11.0 Å². The predicted octanol–water partition coefficient (Wildman–Crippen LogP) is -1.08. The Morgan fingerprint density at radius 2 is 1.36 bits per heavy atom. The van der Waals surface area contributed by atoms with E-state index in [1.54, 1.807) is 30.3 Å². The molecule has 6 rings (SSSR count). The quantitative estimate of drug-likeness (QED) is 0.103. The van der Waals surface area contributed by atoms with Gasteiger partial charge in [-0.2, -0.15) is 0 Å². The van der Waals surface area contributed by atoms with Gasteiger partial charge >= 0.3 is 0 Å². The summed E-state index contributed by atoms with van der Waals surface area (Å²) in [6.07, 6.45) is -21.9. The van der Waals surface area contributed by atoms with Crippen molar-refractivity contribution < 1.29 is 88.6 Å². The van der Waals surface area contributed by atoms with Gasteiger partial charge in [-0.15, -0.1) is 0 Å². The van der Waals surface area contributed by atoms with Crippen LogP contribution in [0, 0.1) is 0 Å². The van der Waals surface area contributed by atoms with Gasteiger partial charge in [-0.05, 0) is 58.4 Å². The predicted molar refractivity (Wildman–Crippen MR) is 198 cm³/mol. The Morgan fingerprint density at radius 3 is 2.00 bits per heavy atom. The molecule has 0 saturated carbocycles. The standard InChI is InChI=1S/C39H50O19/c1-14(2)6-11-19-21(54-38-31(49)29(47)26(44)22(13-40)55-38)12-20(41)23-27(45)36(33(56-34(19)23)17-7-9-18(51-5)10-8-17)58-39-32(50)35(25(43)16(4)53-39)57-37-30(48)28(46)24(42)15(3)52-37/h6-10,12,15-16,22,24-26,28-32,35,37-44,46-50H,11,13H2,1-5H3/t15-,16+,22-,24-,25+,26-,28+,29-,30+,31+,32+,35+,37+,38-,39+/m0/s1. The van der Waals surface area contributed by atoms with Crippen LogP contribution < -0.4 is 19.6 Å². The summed E-state index contributed by atoms with van der Waals surface area (Å²) in [7, 11) is 1.45. The molecular weight excluding hydrogens is 772 g/mol. The number of ether oxygens (including phenoxy) is 7. The Balaban J connectivity index is 1.46. The van der Waals surface area contributed by atoms with Gasteiger partial charge in [0.2, 0.25) is 23.8 Å². The van der Waals surface area contributed by atoms with Crippen molar-refractivity contribution in [3.8, 4) is 34.3 Å². The first-order valence-electron chi connectivity index (χ1n) is 18.6. The van der Waals surface area contributed by atoms with Crippen LogP contribution in [0.15, 0.2) is 51.2 Å². The molecule has 1 aromatic heterocycles. The molecule has 0 spiro atoms. The monoisotopic (exact) mass is 822 g/mol. The van der Waals surface area contributed by atoms with Crippen LogP contribution in [0.2, 0.25) is 0 Å². The maximum Gasteiger partial charge on any atom is 0.239 e. The molecule has 0 amide bonds. The third-order valence-electron chi connectivity index (χ3n) is 10.4. The molecule has 3 aromatic rings. The summed E-state index contributed by atoms with van der Waals surface area (Å²) in [5, 5.41) is 106. The largest absolute Gasteiger partial charge is 0.507 e. The second-order valence-electron chi connectivity index (χ2n) is 14.8. The van der Waals surface area contributed by atoms with Crippen LogP contribution >= 0.6 is 0 Å². The van der Waals surface area contributed by atoms with E-state index < -0.39 is 121 Å². The lowest BCUT2D eigenvalue weighted by molar-refractivity contribution is -0.346. The van der Waals surface area contributed by atoms with E-state index in [-0.39, 0.29) is 34.6 Å². The highest BCUT2D eigenvalue weighted by Crippen LogP contribution is 2.42. The lowest BCUT2D eigenvalue weighted by Gasteiger charge is -2.45. The average Bonchev–Trinajstić information content (AvgIpc) is 3.20. The molecule has 3 aliphatic rings. The number of fused-ring (bicyclic) bond motifs is 1. The Hall–Kier alpha value is -3.93. The van der Waals surface area contributed by atoms with Gasteiger partial charge in [-0.3, -0.25) is 4.79 Å². The Kier molecular flexibility index (Phi) is 13.3. The summed E-state index contributed by atoms with van der Waals surface area (Å²) < 4.78 is 46.5. The summed E-state index contributed by atoms with van der Waals surface area (Å²) in [6.45, 7) is 5.74. The number of phenols is 1. The first kappa shape index (κ1) is 43.6. The molecule has 4 heterocycles. The van der Waals surface area contributed by atoms with Gasteiger partial charge < -0.3 is 88.6 Å². The molecule has 320 valence electrons. The van der Waals surface area contributed by atoms with Gasteiger partial charge in [-0.25, -0.2) is 0 Å². The molecule has 3 saturated heterocycles. The molecule has 0 unspecified atom stereocenters. The van der Waals surface area contributed by atoms with Crippen molar-refractivity contribution in [1.29, 1.82) is 0 Å². The van der Waals surface area contributed by atoms with E-state index in [0.29, 0.717) is 5.75 Å². The minimum Gasteiger partial charge on any atom is -0.507 e. The number of aliphatic hydroxyl groups excluding tert-OH is 9. The molecule has 58 heavy (non-hydrogen) atoms. The van der Waals surface area contributed by atoms with Crippen molar-refractivity contribution in [3.05, 3.63) is 57.8 Å². The number of benzene rings is 2. The van der Waals surface area contributed by atoms with E-state index in [0.717, 1.165) is 11.6 Å². The number of hydrogen-bond donors (Lipinski definition) is 10. The molecule has 0 bridgehead atoms. The average molecular weight is 823 g/mol. The lowest BCUT2D eigenvalue weighted by atomic mass is 9.97. The molecule has 19 heteroatoms. The van der Waals surface area contributed by atoms with Gasteiger partial charge in [0.25, 0.3) is 0 Å². The zero-order valence-corrected chi connectivity index (χ0v) is 32.2. The van der Waals surface area contributed by atoms with Crippen LogP contribution in [-0.4, -0.2) is 157 Å². The number of methoxy groups -OCH3 is 1. The smallest absolute Gasteiger partial charge is 0.239 e. The van der Waals surface area contributed by atoms with Crippen LogP contribution in [0.4, 0.5) is 0 Å². The molecule has 0 radical (unpaired) electrons. The van der Waals surface area contributed by atoms with Crippen LogP contribution in [0.5, 0.6) is 23.0 Å². The fraction of sp³-hybridized carbons (Fsp3) is 0.564. The van der Waals surface area contributed by atoms with Crippen LogP contribution in [-0.2, 0) is 25.4 Å². The molecule has 3 aliphatic heterocycles. The third-order valence-corrected chi connectivity index (χ3v) is 10.4. The maximum atomic E-state index is 14.6. The van der Waals surface area contributed by atoms with Gasteiger partial charge in [-0.1, -0.05) is 11.6 Å². The third kappa shape index (κ3) is 8.41. The minimum absolute atomic E-state index is 0.0232. The molecule has 3 fully saturated rings. The van der Waals surface area contributed by atoms with Crippen molar-refractivity contribution in [3.63, 3.8) is 0 Å². The minimum atomic E-state index is -1.89. The highest BCUT2D eigenvalue weighted by Gasteiger charge is 2.50. The van der Waals surface area contributed by atoms with E-state index in [4.69, 9.17) is 37.6 Å². The van der Waals surface area contributed by atoms with Crippen LogP contribution in [0.25, 0.3) is 22.3 Å². The summed E-state index contributed by atoms with van der Waals surface area (Å²) in [5.74, 6) is -1.19. The van der Waals surface area contributed by atoms with Crippen molar-refractivity contribution in [2.24, 2.45) is 0 Å². The van der Waals surface area contributed by atoms with Gasteiger partial charge in [0.15, 0.2) is 12.1 Å². The summed E-state index contributed by atoms with van der Waals surface area (Å²) in [4.78, 5) is 14.6. The van der Waals surface area contributed by atoms with Gasteiger partial charge in [0, 0.05) is 17.2 Å². The van der Waals surface area contributed by atoms with Gasteiger partial charge in [0.05, 0.1) is 25.9 Å². The van der Waals surface area contributed by atoms with Crippen molar-refractivity contribution in [2.45, 2.75) is 126 Å². The molecular formula is C39H50O19. The topological polar surface area (TPSA) is 297 Å². The molecule has 15 atom stereocenters. The number of phenolic OH excluding ortho intramolecular Hbond substituents is 1. The number of aromatic hydroxyl groups is 1. The fourth-order valence-corrected chi connectivity index (χ4v) is 6.95. The van der Waals surface area contributed by atoms with E-state index in [2.05, 4.69) is 0 Å². The summed E-state index contributed by atoms with van der Waals surface area (Å²) in [5.41, 5.74) is 0.0887. The molecule has 10 N–H and O–H groups in total. The molecule has 19 nitrogen and oxygen atoms in total. The Morgan fingerprint density at radius 1 is 0.759 bits per heavy atom. The second-order valence-corrected chi connectivity index (χ2v) is 14.8. The second kappa shape index (κ2) is 17.7. The first-order valence-corrected chi connectivity index (χ1v) is 18.6. The van der Waals surface area contributed by atoms with E-state index >= 15 is 0 Å². The number of hydrogen-bond acceptors (Lipinski definition) is 19. The number of rotatable bonds is 11. The Bertz CT molecular complexity index is 1980. The number of allylic oxidation sites excluding steroid dienone is 2. The van der Waals surface area contributed by atoms with E-state index in [1.807, 2.05) is 13.8 Å². The maximum absolute atomic E-state index is 14.6. The first-order chi connectivity index (χ1) is 27.5. The number of aliphatic hydroxyl groups is 9. The normalized spacial score (nSPS) is 35.4. The van der Waals surface area contributed by atoms with E-state index in [1.165, 1.54) is 21.0 Å².